The molecule has 1 atom stereocenters. The highest BCUT2D eigenvalue weighted by Gasteiger charge is 2.19. The number of benzene rings is 3. The van der Waals surface area contributed by atoms with Gasteiger partial charge in [0.2, 0.25) is 0 Å². The van der Waals surface area contributed by atoms with Crippen LogP contribution in [-0.2, 0) is 16.1 Å². The molecule has 3 N–H and O–H groups in total. The third-order valence-corrected chi connectivity index (χ3v) is 4.72. The Morgan fingerprint density at radius 2 is 1.59 bits per heavy atom. The summed E-state index contributed by atoms with van der Waals surface area (Å²) in [5.41, 5.74) is 8.66. The summed E-state index contributed by atoms with van der Waals surface area (Å²) in [6.07, 6.45) is 2.20. The lowest BCUT2D eigenvalue weighted by molar-refractivity contribution is -0.235. The molecule has 1 heterocycles. The van der Waals surface area contributed by atoms with E-state index in [1.165, 1.54) is 0 Å². The molecule has 1 unspecified atom stereocenters. The number of para-hydroxylation sites is 2. The monoisotopic (exact) mass is 388 g/mol. The second-order valence-corrected chi connectivity index (χ2v) is 6.67. The first-order valence-corrected chi connectivity index (χ1v) is 9.19. The molecular formula is C23H20N2O4. The summed E-state index contributed by atoms with van der Waals surface area (Å²) in [5.74, 6) is 0.660. The van der Waals surface area contributed by atoms with E-state index in [-0.39, 0.29) is 6.42 Å². The third-order valence-electron chi connectivity index (χ3n) is 4.72. The molecule has 6 nitrogen and oxygen atoms in total. The summed E-state index contributed by atoms with van der Waals surface area (Å²) < 4.78 is 7.89. The molecule has 1 aromatic heterocycles. The zero-order valence-electron chi connectivity index (χ0n) is 15.6. The van der Waals surface area contributed by atoms with Gasteiger partial charge in [0.15, 0.2) is 0 Å². The topological polar surface area (TPSA) is 86.7 Å². The van der Waals surface area contributed by atoms with Gasteiger partial charge in [-0.2, -0.15) is 5.26 Å². The van der Waals surface area contributed by atoms with Gasteiger partial charge in [-0.3, -0.25) is 4.89 Å². The number of carbonyl (C=O) groups is 1. The number of ether oxygens (including phenoxy) is 1. The van der Waals surface area contributed by atoms with Crippen LogP contribution in [0.2, 0.25) is 0 Å². The van der Waals surface area contributed by atoms with Crippen LogP contribution in [0.5, 0.6) is 11.5 Å². The zero-order valence-corrected chi connectivity index (χ0v) is 15.6. The van der Waals surface area contributed by atoms with Crippen LogP contribution in [-0.4, -0.2) is 21.8 Å². The molecule has 4 aromatic rings. The van der Waals surface area contributed by atoms with Crippen LogP contribution < -0.4 is 10.5 Å². The highest BCUT2D eigenvalue weighted by atomic mass is 17.1. The molecule has 0 amide bonds. The van der Waals surface area contributed by atoms with Crippen molar-refractivity contribution in [3.8, 4) is 17.2 Å². The van der Waals surface area contributed by atoms with Crippen LogP contribution in [0.3, 0.4) is 0 Å². The molecule has 0 fully saturated rings. The van der Waals surface area contributed by atoms with E-state index < -0.39 is 12.0 Å². The number of rotatable bonds is 6. The van der Waals surface area contributed by atoms with E-state index in [0.29, 0.717) is 0 Å². The van der Waals surface area contributed by atoms with Gasteiger partial charge in [0.1, 0.15) is 17.5 Å². The molecule has 29 heavy (non-hydrogen) atoms. The minimum absolute atomic E-state index is 0.252. The van der Waals surface area contributed by atoms with E-state index in [9.17, 15) is 4.79 Å². The smallest absolute Gasteiger partial charge is 0.358 e. The van der Waals surface area contributed by atoms with Gasteiger partial charge in [-0.25, -0.2) is 4.79 Å². The molecule has 0 bridgehead atoms. The molecule has 0 radical (unpaired) electrons. The van der Waals surface area contributed by atoms with E-state index in [2.05, 4.69) is 4.89 Å². The standard InChI is InChI=1S/C23H20N2O4/c24-21(23(26)29-27)14-16-15-25(22-9-5-4-8-20(16)22)17-10-12-19(13-11-17)28-18-6-2-1-3-7-18/h1-13,15,21,27H,14,24H2. The second kappa shape index (κ2) is 8.18. The molecule has 0 aliphatic rings. The number of carbonyl (C=O) groups excluding carboxylic acids is 1. The Balaban J connectivity index is 1.64. The summed E-state index contributed by atoms with van der Waals surface area (Å²) in [5, 5.41) is 9.55. The van der Waals surface area contributed by atoms with Gasteiger partial charge in [0, 0.05) is 23.7 Å². The number of hydrogen-bond donors (Lipinski definition) is 2. The van der Waals surface area contributed by atoms with E-state index in [1.54, 1.807) is 0 Å². The van der Waals surface area contributed by atoms with Gasteiger partial charge >= 0.3 is 5.97 Å². The van der Waals surface area contributed by atoms with Crippen LogP contribution in [0, 0.1) is 0 Å². The molecule has 0 aliphatic heterocycles. The predicted octanol–water partition coefficient (Wildman–Crippen LogP) is 4.31. The quantitative estimate of drug-likeness (QED) is 0.380. The molecule has 0 spiro atoms. The van der Waals surface area contributed by atoms with Crippen molar-refractivity contribution in [3.05, 3.63) is 90.6 Å². The number of aromatic nitrogens is 1. The summed E-state index contributed by atoms with van der Waals surface area (Å²) in [6, 6.07) is 24.3. The lowest BCUT2D eigenvalue weighted by Crippen LogP contribution is -2.33. The van der Waals surface area contributed by atoms with Crippen molar-refractivity contribution < 1.29 is 19.7 Å². The first-order chi connectivity index (χ1) is 14.2. The largest absolute Gasteiger partial charge is 0.457 e. The predicted molar refractivity (Wildman–Crippen MR) is 110 cm³/mol. The Kier molecular flexibility index (Phi) is 5.29. The summed E-state index contributed by atoms with van der Waals surface area (Å²) in [7, 11) is 0. The first-order valence-electron chi connectivity index (χ1n) is 9.19. The number of fused-ring (bicyclic) bond motifs is 1. The average Bonchev–Trinajstić information content (AvgIpc) is 3.13. The number of nitrogens with zero attached hydrogens (tertiary/aromatic N) is 1. The molecule has 3 aromatic carbocycles. The lowest BCUT2D eigenvalue weighted by atomic mass is 10.1. The van der Waals surface area contributed by atoms with E-state index >= 15 is 0 Å². The minimum atomic E-state index is -0.944. The highest BCUT2D eigenvalue weighted by Crippen LogP contribution is 2.28. The van der Waals surface area contributed by atoms with Crippen molar-refractivity contribution in [2.45, 2.75) is 12.5 Å². The molecule has 146 valence electrons. The molecule has 0 aliphatic carbocycles. The number of hydrogen-bond acceptors (Lipinski definition) is 5. The van der Waals surface area contributed by atoms with Crippen LogP contribution in [0.4, 0.5) is 0 Å². The van der Waals surface area contributed by atoms with E-state index in [4.69, 9.17) is 15.7 Å². The van der Waals surface area contributed by atoms with E-state index in [0.717, 1.165) is 33.7 Å². The van der Waals surface area contributed by atoms with Crippen molar-refractivity contribution >= 4 is 16.9 Å². The highest BCUT2D eigenvalue weighted by molar-refractivity contribution is 5.86. The van der Waals surface area contributed by atoms with Gasteiger partial charge in [-0.15, -0.1) is 0 Å². The van der Waals surface area contributed by atoms with Gasteiger partial charge in [-0.05, 0) is 48.0 Å². The second-order valence-electron chi connectivity index (χ2n) is 6.67. The van der Waals surface area contributed by atoms with Crippen molar-refractivity contribution in [2.75, 3.05) is 0 Å². The maximum atomic E-state index is 11.5. The Morgan fingerprint density at radius 1 is 0.931 bits per heavy atom. The van der Waals surface area contributed by atoms with Crippen LogP contribution in [0.1, 0.15) is 5.56 Å². The molecular weight excluding hydrogens is 368 g/mol. The zero-order chi connectivity index (χ0) is 20.2. The Hall–Kier alpha value is -3.61. The van der Waals surface area contributed by atoms with Crippen LogP contribution in [0.15, 0.2) is 85.1 Å². The average molecular weight is 388 g/mol. The van der Waals surface area contributed by atoms with E-state index in [1.807, 2.05) is 89.6 Å². The number of nitrogens with two attached hydrogens (primary N) is 1. The SMILES string of the molecule is NC(Cc1cn(-c2ccc(Oc3ccccc3)cc2)c2ccccc12)C(=O)OO. The van der Waals surface area contributed by atoms with Gasteiger partial charge in [0.25, 0.3) is 0 Å². The fourth-order valence-corrected chi connectivity index (χ4v) is 3.31. The van der Waals surface area contributed by atoms with Gasteiger partial charge in [0.05, 0.1) is 5.52 Å². The first kappa shape index (κ1) is 18.7. The molecule has 0 saturated heterocycles. The van der Waals surface area contributed by atoms with Gasteiger partial charge in [-0.1, -0.05) is 36.4 Å². The Labute approximate surface area is 167 Å². The fraction of sp³-hybridized carbons (Fsp3) is 0.0870. The third kappa shape index (κ3) is 3.99. The van der Waals surface area contributed by atoms with Crippen molar-refractivity contribution in [1.82, 2.24) is 4.57 Å². The Morgan fingerprint density at radius 3 is 2.31 bits per heavy atom. The Bertz CT molecular complexity index is 1120. The van der Waals surface area contributed by atoms with Crippen molar-refractivity contribution in [2.24, 2.45) is 5.73 Å². The van der Waals surface area contributed by atoms with Crippen molar-refractivity contribution in [1.29, 1.82) is 0 Å². The molecule has 0 saturated carbocycles. The minimum Gasteiger partial charge on any atom is -0.457 e. The summed E-state index contributed by atoms with van der Waals surface area (Å²) >= 11 is 0. The maximum absolute atomic E-state index is 11.5. The normalized spacial score (nSPS) is 11.9. The van der Waals surface area contributed by atoms with Crippen LogP contribution in [0.25, 0.3) is 16.6 Å². The summed E-state index contributed by atoms with van der Waals surface area (Å²) in [4.78, 5) is 15.3. The lowest BCUT2D eigenvalue weighted by Gasteiger charge is -2.08. The summed E-state index contributed by atoms with van der Waals surface area (Å²) in [6.45, 7) is 0. The molecule has 4 rings (SSSR count). The van der Waals surface area contributed by atoms with Crippen LogP contribution >= 0.6 is 0 Å². The van der Waals surface area contributed by atoms with Crippen molar-refractivity contribution in [3.63, 3.8) is 0 Å². The maximum Gasteiger partial charge on any atom is 0.358 e. The fourth-order valence-electron chi connectivity index (χ4n) is 3.31. The van der Waals surface area contributed by atoms with Gasteiger partial charge < -0.3 is 15.0 Å². The molecule has 6 heteroatoms.